The first-order chi connectivity index (χ1) is 18.0. The number of carbonyl (C=O) groups excluding carboxylic acids is 1. The largest absolute Gasteiger partial charge is 0.489 e. The summed E-state index contributed by atoms with van der Waals surface area (Å²) in [5, 5.41) is 8.39. The van der Waals surface area contributed by atoms with Crippen LogP contribution in [0.25, 0.3) is 22.2 Å². The van der Waals surface area contributed by atoms with Crippen molar-refractivity contribution in [1.82, 2.24) is 25.6 Å². The molecule has 37 heavy (non-hydrogen) atoms. The molecule has 0 aliphatic rings. The van der Waals surface area contributed by atoms with Crippen LogP contribution in [0.15, 0.2) is 97.3 Å². The summed E-state index contributed by atoms with van der Waals surface area (Å²) in [4.78, 5) is 20.3. The molecule has 10 heteroatoms. The van der Waals surface area contributed by atoms with Gasteiger partial charge in [0, 0.05) is 22.7 Å². The van der Waals surface area contributed by atoms with Crippen LogP contribution in [0.3, 0.4) is 0 Å². The number of aromatic nitrogens is 4. The maximum Gasteiger partial charge on any atom is 0.351 e. The highest BCUT2D eigenvalue weighted by Crippen LogP contribution is 2.30. The predicted molar refractivity (Wildman–Crippen MR) is 133 cm³/mol. The first-order valence-corrected chi connectivity index (χ1v) is 11.3. The standard InChI is InChI=1S/C27H20F2N6O2/c28-27(29,21-10-13-23-20(15-21)7-4-14-30-23)25(36)33-35-26-31-16-24(32-34-26)19-8-11-22(12-9-19)37-17-18-5-2-1-3-6-18/h1-16H,17H2,(H,33,36)(H,31,34,35). The summed E-state index contributed by atoms with van der Waals surface area (Å²) in [5.74, 6) is -4.81. The van der Waals surface area contributed by atoms with Gasteiger partial charge >= 0.3 is 11.8 Å². The number of anilines is 1. The van der Waals surface area contributed by atoms with E-state index in [0.29, 0.717) is 29.0 Å². The van der Waals surface area contributed by atoms with Gasteiger partial charge in [-0.3, -0.25) is 20.6 Å². The van der Waals surface area contributed by atoms with Crippen molar-refractivity contribution in [2.24, 2.45) is 0 Å². The third kappa shape index (κ3) is 5.48. The Bertz CT molecular complexity index is 1510. The number of halogens is 2. The summed E-state index contributed by atoms with van der Waals surface area (Å²) >= 11 is 0. The normalized spacial score (nSPS) is 11.2. The minimum atomic E-state index is -3.80. The summed E-state index contributed by atoms with van der Waals surface area (Å²) in [6.45, 7) is 0.449. The molecule has 3 aromatic carbocycles. The zero-order valence-corrected chi connectivity index (χ0v) is 19.3. The molecule has 0 spiro atoms. The van der Waals surface area contributed by atoms with E-state index in [1.807, 2.05) is 35.8 Å². The smallest absolute Gasteiger partial charge is 0.351 e. The van der Waals surface area contributed by atoms with Crippen LogP contribution in [0, 0.1) is 0 Å². The van der Waals surface area contributed by atoms with Crippen molar-refractivity contribution in [3.63, 3.8) is 0 Å². The number of fused-ring (bicyclic) bond motifs is 1. The highest BCUT2D eigenvalue weighted by molar-refractivity contribution is 5.87. The summed E-state index contributed by atoms with van der Waals surface area (Å²) < 4.78 is 35.2. The topological polar surface area (TPSA) is 102 Å². The first-order valence-electron chi connectivity index (χ1n) is 11.3. The lowest BCUT2D eigenvalue weighted by atomic mass is 10.1. The number of rotatable bonds is 8. The van der Waals surface area contributed by atoms with Crippen molar-refractivity contribution in [3.05, 3.63) is 108 Å². The summed E-state index contributed by atoms with van der Waals surface area (Å²) in [5.41, 5.74) is 6.57. The lowest BCUT2D eigenvalue weighted by molar-refractivity contribution is -0.146. The van der Waals surface area contributed by atoms with E-state index < -0.39 is 17.4 Å². The maximum absolute atomic E-state index is 14.7. The quantitative estimate of drug-likeness (QED) is 0.293. The van der Waals surface area contributed by atoms with Gasteiger partial charge in [-0.15, -0.1) is 10.2 Å². The third-order valence-electron chi connectivity index (χ3n) is 5.50. The SMILES string of the molecule is O=C(NNc1ncc(-c2ccc(OCc3ccccc3)cc2)nn1)C(F)(F)c1ccc2ncccc2c1. The Kier molecular flexibility index (Phi) is 6.62. The summed E-state index contributed by atoms with van der Waals surface area (Å²) in [6, 6.07) is 24.1. The van der Waals surface area contributed by atoms with E-state index in [4.69, 9.17) is 4.74 Å². The Morgan fingerprint density at radius 1 is 0.892 bits per heavy atom. The molecule has 5 aromatic rings. The van der Waals surface area contributed by atoms with Gasteiger partial charge in [0.1, 0.15) is 18.1 Å². The van der Waals surface area contributed by atoms with Crippen molar-refractivity contribution >= 4 is 22.8 Å². The van der Waals surface area contributed by atoms with Crippen LogP contribution >= 0.6 is 0 Å². The molecule has 8 nitrogen and oxygen atoms in total. The molecule has 0 fully saturated rings. The summed E-state index contributed by atoms with van der Waals surface area (Å²) in [6.07, 6.45) is 2.97. The molecule has 0 saturated carbocycles. The lowest BCUT2D eigenvalue weighted by Crippen LogP contribution is -2.41. The number of carbonyl (C=O) groups is 1. The highest BCUT2D eigenvalue weighted by atomic mass is 19.3. The maximum atomic E-state index is 14.7. The van der Waals surface area contributed by atoms with E-state index in [0.717, 1.165) is 11.1 Å². The van der Waals surface area contributed by atoms with Crippen molar-refractivity contribution < 1.29 is 18.3 Å². The van der Waals surface area contributed by atoms with E-state index in [1.165, 1.54) is 24.4 Å². The van der Waals surface area contributed by atoms with Crippen LogP contribution in [0.2, 0.25) is 0 Å². The molecule has 0 unspecified atom stereocenters. The second kappa shape index (κ2) is 10.3. The number of ether oxygens (including phenoxy) is 1. The second-order valence-electron chi connectivity index (χ2n) is 8.03. The molecule has 2 N–H and O–H groups in total. The second-order valence-corrected chi connectivity index (χ2v) is 8.03. The average molecular weight is 498 g/mol. The molecular formula is C27H20F2N6O2. The van der Waals surface area contributed by atoms with Crippen molar-refractivity contribution in [2.45, 2.75) is 12.5 Å². The van der Waals surface area contributed by atoms with Gasteiger partial charge in [-0.1, -0.05) is 42.5 Å². The van der Waals surface area contributed by atoms with Gasteiger partial charge in [0.05, 0.1) is 11.7 Å². The van der Waals surface area contributed by atoms with Crippen molar-refractivity contribution in [1.29, 1.82) is 0 Å². The van der Waals surface area contributed by atoms with Crippen LogP contribution in [0.5, 0.6) is 5.75 Å². The molecule has 0 aliphatic carbocycles. The van der Waals surface area contributed by atoms with Crippen molar-refractivity contribution in [3.8, 4) is 17.0 Å². The number of hydrogen-bond acceptors (Lipinski definition) is 7. The average Bonchev–Trinajstić information content (AvgIpc) is 2.95. The fourth-order valence-electron chi connectivity index (χ4n) is 3.52. The zero-order chi connectivity index (χ0) is 25.7. The molecule has 2 aromatic heterocycles. The van der Waals surface area contributed by atoms with Gasteiger partial charge in [0.15, 0.2) is 0 Å². The van der Waals surface area contributed by atoms with Gasteiger partial charge < -0.3 is 4.74 Å². The Labute approximate surface area is 210 Å². The van der Waals surface area contributed by atoms with Crippen LogP contribution in [-0.4, -0.2) is 26.1 Å². The van der Waals surface area contributed by atoms with Gasteiger partial charge in [-0.2, -0.15) is 8.78 Å². The molecule has 184 valence electrons. The van der Waals surface area contributed by atoms with Gasteiger partial charge in [-0.05, 0) is 48.0 Å². The van der Waals surface area contributed by atoms with Crippen molar-refractivity contribution in [2.75, 3.05) is 5.43 Å². The number of amides is 1. The van der Waals surface area contributed by atoms with E-state index in [2.05, 4.69) is 25.6 Å². The fourth-order valence-corrected chi connectivity index (χ4v) is 3.52. The number of benzene rings is 3. The molecule has 0 atom stereocenters. The van der Waals surface area contributed by atoms with Gasteiger partial charge in [-0.25, -0.2) is 4.98 Å². The highest BCUT2D eigenvalue weighted by Gasteiger charge is 2.41. The van der Waals surface area contributed by atoms with E-state index in [9.17, 15) is 13.6 Å². The minimum absolute atomic E-state index is 0.140. The predicted octanol–water partition coefficient (Wildman–Crippen LogP) is 4.90. The van der Waals surface area contributed by atoms with E-state index >= 15 is 0 Å². The number of nitrogens with one attached hydrogen (secondary N) is 2. The molecule has 0 radical (unpaired) electrons. The number of hydrazine groups is 1. The Balaban J connectivity index is 1.18. The monoisotopic (exact) mass is 498 g/mol. The van der Waals surface area contributed by atoms with E-state index in [-0.39, 0.29) is 5.95 Å². The summed E-state index contributed by atoms with van der Waals surface area (Å²) in [7, 11) is 0. The number of nitrogens with zero attached hydrogens (tertiary/aromatic N) is 4. The third-order valence-corrected chi connectivity index (χ3v) is 5.50. The number of alkyl halides is 2. The van der Waals surface area contributed by atoms with Gasteiger partial charge in [0.2, 0.25) is 0 Å². The fraction of sp³-hybridized carbons (Fsp3) is 0.0741. The lowest BCUT2D eigenvalue weighted by Gasteiger charge is -2.17. The van der Waals surface area contributed by atoms with Crippen LogP contribution in [-0.2, 0) is 17.3 Å². The molecule has 1 amide bonds. The van der Waals surface area contributed by atoms with Crippen LogP contribution in [0.1, 0.15) is 11.1 Å². The number of pyridine rings is 1. The molecule has 0 bridgehead atoms. The Hall–Kier alpha value is -4.99. The van der Waals surface area contributed by atoms with Crippen LogP contribution < -0.4 is 15.6 Å². The van der Waals surface area contributed by atoms with Gasteiger partial charge in [0.25, 0.3) is 5.95 Å². The molecule has 2 heterocycles. The first kappa shape index (κ1) is 23.7. The molecule has 5 rings (SSSR count). The Morgan fingerprint density at radius 3 is 2.46 bits per heavy atom. The molecule has 0 saturated heterocycles. The Morgan fingerprint density at radius 2 is 1.70 bits per heavy atom. The molecule has 0 aliphatic heterocycles. The molecular weight excluding hydrogens is 478 g/mol. The zero-order valence-electron chi connectivity index (χ0n) is 19.3. The van der Waals surface area contributed by atoms with E-state index in [1.54, 1.807) is 42.6 Å². The number of hydrogen-bond donors (Lipinski definition) is 2. The van der Waals surface area contributed by atoms with Crippen LogP contribution in [0.4, 0.5) is 14.7 Å². The minimum Gasteiger partial charge on any atom is -0.489 e.